The Balaban J connectivity index is 2.29. The van der Waals surface area contributed by atoms with Gasteiger partial charge in [0.1, 0.15) is 5.82 Å². The first-order chi connectivity index (χ1) is 9.52. The lowest BCUT2D eigenvalue weighted by atomic mass is 10.1. The van der Waals surface area contributed by atoms with Crippen LogP contribution < -0.4 is 10.6 Å². The van der Waals surface area contributed by atoms with Gasteiger partial charge >= 0.3 is 0 Å². The minimum absolute atomic E-state index is 0.168. The van der Waals surface area contributed by atoms with Gasteiger partial charge in [0.15, 0.2) is 5.96 Å². The number of guanidine groups is 1. The zero-order valence-corrected chi connectivity index (χ0v) is 12.9. The third kappa shape index (κ3) is 6.04. The van der Waals surface area contributed by atoms with Crippen molar-refractivity contribution in [3.8, 4) is 0 Å². The number of aliphatic imine (C=N–C) groups is 1. The maximum Gasteiger partial charge on any atom is 0.191 e. The summed E-state index contributed by atoms with van der Waals surface area (Å²) in [4.78, 5) is 4.20. The molecule has 0 saturated carbocycles. The van der Waals surface area contributed by atoms with Crippen LogP contribution in [0.25, 0.3) is 0 Å². The van der Waals surface area contributed by atoms with Gasteiger partial charge < -0.3 is 10.6 Å². The molecule has 0 aromatic heterocycles. The predicted molar refractivity (Wildman–Crippen MR) is 83.5 cm³/mol. The molecule has 0 fully saturated rings. The van der Waals surface area contributed by atoms with Crippen LogP contribution in [0.4, 0.5) is 4.39 Å². The third-order valence-electron chi connectivity index (χ3n) is 3.41. The molecule has 1 aromatic rings. The molecule has 20 heavy (non-hydrogen) atoms. The molecule has 1 unspecified atom stereocenters. The average Bonchev–Trinajstić information content (AvgIpc) is 2.41. The van der Waals surface area contributed by atoms with Gasteiger partial charge in [-0.2, -0.15) is 0 Å². The third-order valence-corrected chi connectivity index (χ3v) is 3.41. The Morgan fingerprint density at radius 2 is 2.05 bits per heavy atom. The highest BCUT2D eigenvalue weighted by Crippen LogP contribution is 2.05. The molecule has 112 valence electrons. The summed E-state index contributed by atoms with van der Waals surface area (Å²) in [6.45, 7) is 7.31. The van der Waals surface area contributed by atoms with Crippen molar-refractivity contribution in [1.82, 2.24) is 10.6 Å². The lowest BCUT2D eigenvalue weighted by Crippen LogP contribution is -2.44. The van der Waals surface area contributed by atoms with Crippen molar-refractivity contribution in [1.29, 1.82) is 0 Å². The summed E-state index contributed by atoms with van der Waals surface area (Å²) in [7, 11) is 1.77. The summed E-state index contributed by atoms with van der Waals surface area (Å²) in [6.07, 6.45) is 1.81. The van der Waals surface area contributed by atoms with Crippen LogP contribution in [0.1, 0.15) is 32.8 Å². The fourth-order valence-corrected chi connectivity index (χ4v) is 1.77. The lowest BCUT2D eigenvalue weighted by Gasteiger charge is -2.20. The summed E-state index contributed by atoms with van der Waals surface area (Å²) < 4.78 is 13.0. The zero-order chi connectivity index (χ0) is 15.0. The van der Waals surface area contributed by atoms with Crippen LogP contribution in [0.3, 0.4) is 0 Å². The maximum atomic E-state index is 13.0. The van der Waals surface area contributed by atoms with E-state index in [4.69, 9.17) is 0 Å². The van der Waals surface area contributed by atoms with Crippen molar-refractivity contribution in [2.45, 2.75) is 39.7 Å². The molecule has 3 nitrogen and oxygen atoms in total. The Hall–Kier alpha value is -1.58. The van der Waals surface area contributed by atoms with Gasteiger partial charge in [-0.05, 0) is 43.4 Å². The number of nitrogens with one attached hydrogen (secondary N) is 2. The molecule has 4 heteroatoms. The molecular formula is C16H26FN3. The standard InChI is InChI=1S/C16H26FN3/c1-12(2)13(3)20-16(18-4)19-10-6-8-14-7-5-9-15(17)11-14/h5,7,9,11-13H,6,8,10H2,1-4H3,(H2,18,19,20). The summed E-state index contributed by atoms with van der Waals surface area (Å²) in [5, 5.41) is 6.64. The first-order valence-electron chi connectivity index (χ1n) is 7.24. The van der Waals surface area contributed by atoms with Gasteiger partial charge in [-0.3, -0.25) is 4.99 Å². The van der Waals surface area contributed by atoms with E-state index in [2.05, 4.69) is 36.4 Å². The molecule has 0 radical (unpaired) electrons. The van der Waals surface area contributed by atoms with Gasteiger partial charge in [0.25, 0.3) is 0 Å². The van der Waals surface area contributed by atoms with E-state index in [1.165, 1.54) is 6.07 Å². The van der Waals surface area contributed by atoms with Gasteiger partial charge in [-0.1, -0.05) is 26.0 Å². The number of nitrogens with zero attached hydrogens (tertiary/aromatic N) is 1. The second kappa shape index (κ2) is 8.56. The van der Waals surface area contributed by atoms with Gasteiger partial charge in [-0.25, -0.2) is 4.39 Å². The number of aryl methyl sites for hydroxylation is 1. The van der Waals surface area contributed by atoms with E-state index in [1.54, 1.807) is 19.2 Å². The van der Waals surface area contributed by atoms with Crippen molar-refractivity contribution >= 4 is 5.96 Å². The van der Waals surface area contributed by atoms with E-state index >= 15 is 0 Å². The minimum atomic E-state index is -0.168. The second-order valence-electron chi connectivity index (χ2n) is 5.41. The van der Waals surface area contributed by atoms with E-state index < -0.39 is 0 Å². The van der Waals surface area contributed by atoms with E-state index in [9.17, 15) is 4.39 Å². The van der Waals surface area contributed by atoms with Crippen molar-refractivity contribution < 1.29 is 4.39 Å². The Bertz CT molecular complexity index is 429. The molecule has 1 aromatic carbocycles. The summed E-state index contributed by atoms with van der Waals surface area (Å²) in [6, 6.07) is 7.15. The fourth-order valence-electron chi connectivity index (χ4n) is 1.77. The average molecular weight is 279 g/mol. The predicted octanol–water partition coefficient (Wildman–Crippen LogP) is 2.97. The number of halogens is 1. The van der Waals surface area contributed by atoms with Crippen molar-refractivity contribution in [3.05, 3.63) is 35.6 Å². The van der Waals surface area contributed by atoms with Gasteiger partial charge in [-0.15, -0.1) is 0 Å². The Labute approximate surface area is 121 Å². The van der Waals surface area contributed by atoms with Crippen LogP contribution in [0, 0.1) is 11.7 Å². The van der Waals surface area contributed by atoms with Crippen LogP contribution in [0.2, 0.25) is 0 Å². The molecule has 0 bridgehead atoms. The van der Waals surface area contributed by atoms with E-state index in [0.29, 0.717) is 12.0 Å². The first-order valence-corrected chi connectivity index (χ1v) is 7.24. The van der Waals surface area contributed by atoms with E-state index in [0.717, 1.165) is 30.9 Å². The normalized spacial score (nSPS) is 13.4. The summed E-state index contributed by atoms with van der Waals surface area (Å²) in [5.74, 6) is 1.21. The zero-order valence-electron chi connectivity index (χ0n) is 12.9. The monoisotopic (exact) mass is 279 g/mol. The van der Waals surface area contributed by atoms with Crippen molar-refractivity contribution in [3.63, 3.8) is 0 Å². The lowest BCUT2D eigenvalue weighted by molar-refractivity contribution is 0.480. The van der Waals surface area contributed by atoms with Crippen LogP contribution in [0.5, 0.6) is 0 Å². The second-order valence-corrected chi connectivity index (χ2v) is 5.41. The maximum absolute atomic E-state index is 13.0. The smallest absolute Gasteiger partial charge is 0.191 e. The van der Waals surface area contributed by atoms with Crippen molar-refractivity contribution in [2.24, 2.45) is 10.9 Å². The van der Waals surface area contributed by atoms with Crippen LogP contribution in [-0.2, 0) is 6.42 Å². The summed E-state index contributed by atoms with van der Waals surface area (Å²) in [5.41, 5.74) is 1.03. The molecule has 0 heterocycles. The first kappa shape index (κ1) is 16.5. The van der Waals surface area contributed by atoms with Gasteiger partial charge in [0.05, 0.1) is 0 Å². The molecule has 0 aliphatic carbocycles. The van der Waals surface area contributed by atoms with Crippen LogP contribution >= 0.6 is 0 Å². The molecule has 0 aliphatic heterocycles. The fraction of sp³-hybridized carbons (Fsp3) is 0.562. The van der Waals surface area contributed by atoms with E-state index in [1.807, 2.05) is 6.07 Å². The molecule has 0 amide bonds. The van der Waals surface area contributed by atoms with Gasteiger partial charge in [0.2, 0.25) is 0 Å². The Morgan fingerprint density at radius 3 is 2.65 bits per heavy atom. The molecule has 0 spiro atoms. The molecule has 1 atom stereocenters. The molecule has 1 rings (SSSR count). The van der Waals surface area contributed by atoms with Crippen LogP contribution in [0.15, 0.2) is 29.3 Å². The summed E-state index contributed by atoms with van der Waals surface area (Å²) >= 11 is 0. The minimum Gasteiger partial charge on any atom is -0.356 e. The molecule has 2 N–H and O–H groups in total. The molecule has 0 saturated heterocycles. The van der Waals surface area contributed by atoms with Crippen LogP contribution in [-0.4, -0.2) is 25.6 Å². The topological polar surface area (TPSA) is 36.4 Å². The largest absolute Gasteiger partial charge is 0.356 e. The number of hydrogen-bond acceptors (Lipinski definition) is 1. The van der Waals surface area contributed by atoms with Crippen molar-refractivity contribution in [2.75, 3.05) is 13.6 Å². The Kier molecular flexibility index (Phi) is 7.05. The van der Waals surface area contributed by atoms with E-state index in [-0.39, 0.29) is 5.82 Å². The van der Waals surface area contributed by atoms with Gasteiger partial charge in [0, 0.05) is 19.6 Å². The SMILES string of the molecule is CN=C(NCCCc1cccc(F)c1)NC(C)C(C)C. The number of hydrogen-bond donors (Lipinski definition) is 2. The highest BCUT2D eigenvalue weighted by atomic mass is 19.1. The highest BCUT2D eigenvalue weighted by molar-refractivity contribution is 5.79. The molecule has 0 aliphatic rings. The highest BCUT2D eigenvalue weighted by Gasteiger charge is 2.08. The molecular weight excluding hydrogens is 253 g/mol. The number of benzene rings is 1. The number of rotatable bonds is 6. The quantitative estimate of drug-likeness (QED) is 0.477. The Morgan fingerprint density at radius 1 is 1.30 bits per heavy atom.